The number of hydrogen-bond donors (Lipinski definition) is 2. The van der Waals surface area contributed by atoms with Crippen molar-refractivity contribution in [3.63, 3.8) is 0 Å². The van der Waals surface area contributed by atoms with Gasteiger partial charge in [-0.15, -0.1) is 0 Å². The van der Waals surface area contributed by atoms with Gasteiger partial charge in [0, 0.05) is 24.5 Å². The summed E-state index contributed by atoms with van der Waals surface area (Å²) in [5, 5.41) is 3.37. The van der Waals surface area contributed by atoms with Crippen molar-refractivity contribution in [2.45, 2.75) is 53.4 Å². The molecule has 3 rings (SSSR count). The second-order valence-corrected chi connectivity index (χ2v) is 8.03. The van der Waals surface area contributed by atoms with Gasteiger partial charge in [-0.1, -0.05) is 38.8 Å². The minimum Gasteiger partial charge on any atom is -0.399 e. The molecule has 1 aromatic heterocycles. The number of nitrogens with one attached hydrogen (secondary N) is 1. The molecule has 0 aliphatic rings. The summed E-state index contributed by atoms with van der Waals surface area (Å²) in [6.45, 7) is 10.5. The Bertz CT molecular complexity index is 993. The van der Waals surface area contributed by atoms with Gasteiger partial charge in [-0.2, -0.15) is 4.98 Å². The number of aromatic nitrogens is 3. The molecule has 0 bridgehead atoms. The molecule has 0 saturated heterocycles. The Hall–Kier alpha value is -3.15. The lowest BCUT2D eigenvalue weighted by Crippen LogP contribution is -2.27. The molecule has 6 heteroatoms. The third kappa shape index (κ3) is 5.94. The van der Waals surface area contributed by atoms with Gasteiger partial charge in [-0.3, -0.25) is 0 Å². The largest absolute Gasteiger partial charge is 0.399 e. The van der Waals surface area contributed by atoms with E-state index in [0.29, 0.717) is 5.95 Å². The molecule has 3 N–H and O–H groups in total. The van der Waals surface area contributed by atoms with Gasteiger partial charge < -0.3 is 16.0 Å². The number of benzene rings is 2. The lowest BCUT2D eigenvalue weighted by atomic mass is 10.00. The highest BCUT2D eigenvalue weighted by Crippen LogP contribution is 2.28. The maximum Gasteiger partial charge on any atom is 0.232 e. The molecule has 0 radical (unpaired) electrons. The van der Waals surface area contributed by atoms with Crippen LogP contribution in [0.15, 0.2) is 42.7 Å². The first-order chi connectivity index (χ1) is 15.0. The van der Waals surface area contributed by atoms with E-state index in [1.165, 1.54) is 0 Å². The van der Waals surface area contributed by atoms with E-state index in [2.05, 4.69) is 71.3 Å². The maximum absolute atomic E-state index is 5.96. The van der Waals surface area contributed by atoms with E-state index in [0.717, 1.165) is 78.3 Å². The van der Waals surface area contributed by atoms with Crippen LogP contribution in [-0.4, -0.2) is 28.0 Å². The molecule has 2 aromatic carbocycles. The average molecular weight is 419 g/mol. The number of rotatable bonds is 10. The highest BCUT2D eigenvalue weighted by molar-refractivity contribution is 5.72. The van der Waals surface area contributed by atoms with Gasteiger partial charge in [0.1, 0.15) is 6.33 Å². The van der Waals surface area contributed by atoms with Gasteiger partial charge in [0.05, 0.1) is 0 Å². The first-order valence-corrected chi connectivity index (χ1v) is 11.2. The molecule has 0 unspecified atom stereocenters. The summed E-state index contributed by atoms with van der Waals surface area (Å²) in [6, 6.07) is 12.5. The van der Waals surface area contributed by atoms with Crippen molar-refractivity contribution in [2.24, 2.45) is 0 Å². The summed E-state index contributed by atoms with van der Waals surface area (Å²) in [5.74, 6) is 1.31. The van der Waals surface area contributed by atoms with Crippen LogP contribution in [0.2, 0.25) is 0 Å². The Labute approximate surface area is 186 Å². The number of aryl methyl sites for hydroxylation is 2. The lowest BCUT2D eigenvalue weighted by Gasteiger charge is -2.22. The van der Waals surface area contributed by atoms with E-state index >= 15 is 0 Å². The van der Waals surface area contributed by atoms with E-state index in [1.807, 2.05) is 13.0 Å². The number of hydrogen-bond acceptors (Lipinski definition) is 6. The predicted octanol–water partition coefficient (Wildman–Crippen LogP) is 5.89. The normalized spacial score (nSPS) is 10.8. The third-order valence-corrected chi connectivity index (χ3v) is 5.48. The minimum atomic E-state index is 0.571. The van der Waals surface area contributed by atoms with Crippen LogP contribution < -0.4 is 16.0 Å². The van der Waals surface area contributed by atoms with Crippen molar-refractivity contribution < 1.29 is 0 Å². The van der Waals surface area contributed by atoms with Gasteiger partial charge in [-0.25, -0.2) is 9.97 Å². The number of nitrogen functional groups attached to an aromatic ring is 1. The fraction of sp³-hybridized carbons (Fsp3) is 0.400. The average Bonchev–Trinajstić information content (AvgIpc) is 2.77. The van der Waals surface area contributed by atoms with Crippen molar-refractivity contribution in [3.05, 3.63) is 53.9 Å². The van der Waals surface area contributed by atoms with E-state index in [-0.39, 0.29) is 0 Å². The Balaban J connectivity index is 1.79. The van der Waals surface area contributed by atoms with Crippen LogP contribution >= 0.6 is 0 Å². The van der Waals surface area contributed by atoms with Crippen LogP contribution in [0, 0.1) is 13.8 Å². The molecule has 0 saturated carbocycles. The number of nitrogens with two attached hydrogens (primary N) is 1. The van der Waals surface area contributed by atoms with Crippen LogP contribution in [0.3, 0.4) is 0 Å². The second kappa shape index (κ2) is 10.8. The molecular weight excluding hydrogens is 384 g/mol. The fourth-order valence-corrected chi connectivity index (χ4v) is 3.47. The quantitative estimate of drug-likeness (QED) is 0.400. The van der Waals surface area contributed by atoms with E-state index < -0.39 is 0 Å². The van der Waals surface area contributed by atoms with Crippen molar-refractivity contribution >= 4 is 23.3 Å². The maximum atomic E-state index is 5.96. The fourth-order valence-electron chi connectivity index (χ4n) is 3.47. The third-order valence-electron chi connectivity index (χ3n) is 5.48. The van der Waals surface area contributed by atoms with Crippen LogP contribution in [0.1, 0.15) is 50.7 Å². The first-order valence-electron chi connectivity index (χ1n) is 11.2. The number of anilines is 4. The number of nitrogens with zero attached hydrogens (tertiary/aromatic N) is 4. The second-order valence-electron chi connectivity index (χ2n) is 8.03. The van der Waals surface area contributed by atoms with Gasteiger partial charge in [0.2, 0.25) is 11.9 Å². The number of unbranched alkanes of at least 4 members (excludes halogenated alkanes) is 2. The molecule has 0 aliphatic heterocycles. The van der Waals surface area contributed by atoms with Gasteiger partial charge in [0.25, 0.3) is 0 Å². The zero-order chi connectivity index (χ0) is 22.2. The molecular formula is C25H34N6. The lowest BCUT2D eigenvalue weighted by molar-refractivity contribution is 0.661. The van der Waals surface area contributed by atoms with Crippen LogP contribution in [-0.2, 0) is 0 Å². The first kappa shape index (κ1) is 22.5. The van der Waals surface area contributed by atoms with Crippen LogP contribution in [0.5, 0.6) is 0 Å². The van der Waals surface area contributed by atoms with Gasteiger partial charge in [0.15, 0.2) is 0 Å². The topological polar surface area (TPSA) is 80.0 Å². The van der Waals surface area contributed by atoms with E-state index in [1.54, 1.807) is 6.33 Å². The summed E-state index contributed by atoms with van der Waals surface area (Å²) in [5.41, 5.74) is 12.3. The Morgan fingerprint density at radius 3 is 2.13 bits per heavy atom. The van der Waals surface area contributed by atoms with Crippen molar-refractivity contribution in [1.29, 1.82) is 0 Å². The summed E-state index contributed by atoms with van der Waals surface area (Å²) in [4.78, 5) is 15.7. The summed E-state index contributed by atoms with van der Waals surface area (Å²) in [6.07, 6.45) is 6.15. The minimum absolute atomic E-state index is 0.571. The summed E-state index contributed by atoms with van der Waals surface area (Å²) in [7, 11) is 0. The van der Waals surface area contributed by atoms with Gasteiger partial charge in [-0.05, 0) is 73.2 Å². The van der Waals surface area contributed by atoms with E-state index in [9.17, 15) is 0 Å². The zero-order valence-corrected chi connectivity index (χ0v) is 19.2. The smallest absolute Gasteiger partial charge is 0.232 e. The van der Waals surface area contributed by atoms with Crippen molar-refractivity contribution in [3.8, 4) is 11.1 Å². The molecule has 0 aliphatic carbocycles. The standard InChI is InChI=1S/C25H34N6/c1-5-7-13-31(14-8-6-2)25-28-17-27-24(30-25)29-23-12-10-21(16-19(23)4)20-9-11-22(26)18(3)15-20/h9-12,15-17H,5-8,13-14,26H2,1-4H3,(H,27,28,29,30). The summed E-state index contributed by atoms with van der Waals surface area (Å²) >= 11 is 0. The van der Waals surface area contributed by atoms with Crippen molar-refractivity contribution in [1.82, 2.24) is 15.0 Å². The Morgan fingerprint density at radius 2 is 1.52 bits per heavy atom. The molecule has 0 atom stereocenters. The Morgan fingerprint density at radius 1 is 0.871 bits per heavy atom. The molecule has 0 spiro atoms. The monoisotopic (exact) mass is 418 g/mol. The molecule has 31 heavy (non-hydrogen) atoms. The molecule has 0 amide bonds. The van der Waals surface area contributed by atoms with E-state index in [4.69, 9.17) is 10.7 Å². The Kier molecular flexibility index (Phi) is 7.82. The van der Waals surface area contributed by atoms with Crippen LogP contribution in [0.25, 0.3) is 11.1 Å². The van der Waals surface area contributed by atoms with Gasteiger partial charge >= 0.3 is 0 Å². The molecule has 3 aromatic rings. The highest BCUT2D eigenvalue weighted by atomic mass is 15.3. The molecule has 6 nitrogen and oxygen atoms in total. The SMILES string of the molecule is CCCCN(CCCC)c1ncnc(Nc2ccc(-c3ccc(N)c(C)c3)cc2C)n1. The van der Waals surface area contributed by atoms with Crippen molar-refractivity contribution in [2.75, 3.05) is 29.0 Å². The highest BCUT2D eigenvalue weighted by Gasteiger charge is 2.11. The zero-order valence-electron chi connectivity index (χ0n) is 19.2. The summed E-state index contributed by atoms with van der Waals surface area (Å²) < 4.78 is 0. The molecule has 1 heterocycles. The molecule has 0 fully saturated rings. The van der Waals surface area contributed by atoms with Crippen LogP contribution in [0.4, 0.5) is 23.3 Å². The predicted molar refractivity (Wildman–Crippen MR) is 131 cm³/mol. The molecule has 164 valence electrons.